The fourth-order valence-electron chi connectivity index (χ4n) is 2.63. The SMILES string of the molecule is CC1CCCCC1N(C)C(C)CC(=O)O. The van der Waals surface area contributed by atoms with Gasteiger partial charge in [0.2, 0.25) is 0 Å². The molecule has 1 fully saturated rings. The van der Waals surface area contributed by atoms with Crippen molar-refractivity contribution in [1.29, 1.82) is 0 Å². The lowest BCUT2D eigenvalue weighted by Crippen LogP contribution is -2.44. The van der Waals surface area contributed by atoms with Crippen molar-refractivity contribution in [2.75, 3.05) is 7.05 Å². The second-order valence-corrected chi connectivity index (χ2v) is 4.94. The van der Waals surface area contributed by atoms with Crippen LogP contribution in [0.4, 0.5) is 0 Å². The van der Waals surface area contributed by atoms with Crippen LogP contribution in [0.2, 0.25) is 0 Å². The Morgan fingerprint density at radius 1 is 1.47 bits per heavy atom. The predicted molar refractivity (Wildman–Crippen MR) is 60.9 cm³/mol. The summed E-state index contributed by atoms with van der Waals surface area (Å²) in [6, 6.07) is 0.723. The van der Waals surface area contributed by atoms with Gasteiger partial charge in [0.05, 0.1) is 6.42 Å². The van der Waals surface area contributed by atoms with Gasteiger partial charge in [0.15, 0.2) is 0 Å². The molecule has 0 saturated heterocycles. The van der Waals surface area contributed by atoms with Crippen molar-refractivity contribution in [3.05, 3.63) is 0 Å². The monoisotopic (exact) mass is 213 g/mol. The van der Waals surface area contributed by atoms with Gasteiger partial charge in [-0.25, -0.2) is 0 Å². The van der Waals surface area contributed by atoms with Gasteiger partial charge in [-0.15, -0.1) is 0 Å². The van der Waals surface area contributed by atoms with E-state index in [9.17, 15) is 4.79 Å². The third kappa shape index (κ3) is 3.49. The van der Waals surface area contributed by atoms with E-state index in [0.29, 0.717) is 12.0 Å². The van der Waals surface area contributed by atoms with Crippen molar-refractivity contribution in [2.24, 2.45) is 5.92 Å². The van der Waals surface area contributed by atoms with Gasteiger partial charge in [-0.3, -0.25) is 9.69 Å². The summed E-state index contributed by atoms with van der Waals surface area (Å²) in [5.74, 6) is 0.0119. The average Bonchev–Trinajstić information content (AvgIpc) is 2.16. The van der Waals surface area contributed by atoms with E-state index in [4.69, 9.17) is 5.11 Å². The smallest absolute Gasteiger partial charge is 0.304 e. The standard InChI is InChI=1S/C12H23NO2/c1-9-6-4-5-7-11(9)13(3)10(2)8-12(14)15/h9-11H,4-8H2,1-3H3,(H,14,15). The van der Waals surface area contributed by atoms with Crippen LogP contribution in [0.3, 0.4) is 0 Å². The van der Waals surface area contributed by atoms with Crippen LogP contribution in [0.5, 0.6) is 0 Å². The van der Waals surface area contributed by atoms with Crippen LogP contribution in [0.1, 0.15) is 46.0 Å². The Morgan fingerprint density at radius 2 is 2.07 bits per heavy atom. The minimum atomic E-state index is -0.696. The second kappa shape index (κ2) is 5.50. The topological polar surface area (TPSA) is 40.5 Å². The molecule has 1 rings (SSSR count). The predicted octanol–water partition coefficient (Wildman–Crippen LogP) is 2.36. The Balaban J connectivity index is 2.49. The molecule has 0 aromatic carbocycles. The van der Waals surface area contributed by atoms with Crippen molar-refractivity contribution < 1.29 is 9.90 Å². The summed E-state index contributed by atoms with van der Waals surface area (Å²) in [6.07, 6.45) is 5.38. The number of carbonyl (C=O) groups is 1. The Kier molecular flexibility index (Phi) is 4.58. The maximum Gasteiger partial charge on any atom is 0.304 e. The molecule has 1 saturated carbocycles. The highest BCUT2D eigenvalue weighted by Crippen LogP contribution is 2.28. The van der Waals surface area contributed by atoms with Gasteiger partial charge < -0.3 is 5.11 Å². The molecule has 0 heterocycles. The van der Waals surface area contributed by atoms with Crippen LogP contribution in [0.15, 0.2) is 0 Å². The van der Waals surface area contributed by atoms with Crippen molar-refractivity contribution in [3.8, 4) is 0 Å². The number of aliphatic carboxylic acids is 1. The lowest BCUT2D eigenvalue weighted by atomic mass is 9.84. The van der Waals surface area contributed by atoms with Gasteiger partial charge in [-0.2, -0.15) is 0 Å². The molecule has 1 aliphatic rings. The largest absolute Gasteiger partial charge is 0.481 e. The number of rotatable bonds is 4. The number of nitrogens with zero attached hydrogens (tertiary/aromatic N) is 1. The molecular formula is C12H23NO2. The minimum Gasteiger partial charge on any atom is -0.481 e. The van der Waals surface area contributed by atoms with Gasteiger partial charge >= 0.3 is 5.97 Å². The molecule has 0 aromatic heterocycles. The maximum atomic E-state index is 10.7. The first-order chi connectivity index (χ1) is 7.02. The summed E-state index contributed by atoms with van der Waals surface area (Å²) in [6.45, 7) is 4.29. The number of carboxylic acid groups (broad SMARTS) is 1. The minimum absolute atomic E-state index is 0.146. The van der Waals surface area contributed by atoms with E-state index < -0.39 is 5.97 Å². The highest BCUT2D eigenvalue weighted by Gasteiger charge is 2.28. The molecule has 0 bridgehead atoms. The molecule has 3 unspecified atom stereocenters. The van der Waals surface area contributed by atoms with E-state index in [1.54, 1.807) is 0 Å². The number of hydrogen-bond donors (Lipinski definition) is 1. The molecule has 3 atom stereocenters. The molecule has 3 heteroatoms. The average molecular weight is 213 g/mol. The molecule has 0 amide bonds. The van der Waals surface area contributed by atoms with Crippen molar-refractivity contribution >= 4 is 5.97 Å². The maximum absolute atomic E-state index is 10.7. The fraction of sp³-hybridized carbons (Fsp3) is 0.917. The van der Waals surface area contributed by atoms with Crippen LogP contribution in [0.25, 0.3) is 0 Å². The highest BCUT2D eigenvalue weighted by atomic mass is 16.4. The van der Waals surface area contributed by atoms with E-state index in [2.05, 4.69) is 18.9 Å². The highest BCUT2D eigenvalue weighted by molar-refractivity contribution is 5.67. The zero-order valence-electron chi connectivity index (χ0n) is 10.1. The normalized spacial score (nSPS) is 29.1. The Bertz CT molecular complexity index is 218. The van der Waals surface area contributed by atoms with Crippen molar-refractivity contribution in [1.82, 2.24) is 4.90 Å². The summed E-state index contributed by atoms with van der Waals surface area (Å²) < 4.78 is 0. The first kappa shape index (κ1) is 12.5. The van der Waals surface area contributed by atoms with Crippen LogP contribution >= 0.6 is 0 Å². The third-order valence-electron chi connectivity index (χ3n) is 3.75. The molecule has 0 aromatic rings. The quantitative estimate of drug-likeness (QED) is 0.779. The van der Waals surface area contributed by atoms with E-state index in [-0.39, 0.29) is 12.5 Å². The number of carboxylic acids is 1. The molecular weight excluding hydrogens is 190 g/mol. The molecule has 15 heavy (non-hydrogen) atoms. The van der Waals surface area contributed by atoms with Gasteiger partial charge in [0.1, 0.15) is 0 Å². The fourth-order valence-corrected chi connectivity index (χ4v) is 2.63. The Labute approximate surface area is 92.5 Å². The van der Waals surface area contributed by atoms with Crippen LogP contribution in [0, 0.1) is 5.92 Å². The van der Waals surface area contributed by atoms with Crippen molar-refractivity contribution in [3.63, 3.8) is 0 Å². The summed E-state index contributed by atoms with van der Waals surface area (Å²) >= 11 is 0. The lowest BCUT2D eigenvalue weighted by molar-refractivity contribution is -0.138. The molecule has 0 aliphatic heterocycles. The Hall–Kier alpha value is -0.570. The summed E-state index contributed by atoms with van der Waals surface area (Å²) in [4.78, 5) is 12.9. The van der Waals surface area contributed by atoms with Gasteiger partial charge in [-0.05, 0) is 32.7 Å². The third-order valence-corrected chi connectivity index (χ3v) is 3.75. The van der Waals surface area contributed by atoms with Crippen molar-refractivity contribution in [2.45, 2.75) is 58.0 Å². The van der Waals surface area contributed by atoms with Gasteiger partial charge in [-0.1, -0.05) is 19.8 Å². The zero-order chi connectivity index (χ0) is 11.4. The lowest BCUT2D eigenvalue weighted by Gasteiger charge is -2.39. The van der Waals surface area contributed by atoms with E-state index in [0.717, 1.165) is 0 Å². The first-order valence-corrected chi connectivity index (χ1v) is 5.96. The van der Waals surface area contributed by atoms with Crippen LogP contribution < -0.4 is 0 Å². The molecule has 0 radical (unpaired) electrons. The Morgan fingerprint density at radius 3 is 2.60 bits per heavy atom. The molecule has 1 aliphatic carbocycles. The number of hydrogen-bond acceptors (Lipinski definition) is 2. The van der Waals surface area contributed by atoms with Gasteiger partial charge in [0, 0.05) is 12.1 Å². The molecule has 88 valence electrons. The molecule has 3 nitrogen and oxygen atoms in total. The van der Waals surface area contributed by atoms with E-state index in [1.165, 1.54) is 25.7 Å². The van der Waals surface area contributed by atoms with E-state index in [1.807, 2.05) is 6.92 Å². The summed E-state index contributed by atoms with van der Waals surface area (Å²) in [7, 11) is 2.07. The zero-order valence-corrected chi connectivity index (χ0v) is 10.1. The summed E-state index contributed by atoms with van der Waals surface area (Å²) in [5, 5.41) is 8.77. The van der Waals surface area contributed by atoms with Gasteiger partial charge in [0.25, 0.3) is 0 Å². The molecule has 0 spiro atoms. The summed E-state index contributed by atoms with van der Waals surface area (Å²) in [5.41, 5.74) is 0. The van der Waals surface area contributed by atoms with Crippen LogP contribution in [-0.4, -0.2) is 35.1 Å². The van der Waals surface area contributed by atoms with Crippen LogP contribution in [-0.2, 0) is 4.79 Å². The van der Waals surface area contributed by atoms with E-state index >= 15 is 0 Å². The second-order valence-electron chi connectivity index (χ2n) is 4.94. The molecule has 1 N–H and O–H groups in total. The first-order valence-electron chi connectivity index (χ1n) is 5.96.